The summed E-state index contributed by atoms with van der Waals surface area (Å²) >= 11 is 6.40. The van der Waals surface area contributed by atoms with Gasteiger partial charge in [-0.3, -0.25) is 19.5 Å². The molecule has 0 atom stereocenters. The van der Waals surface area contributed by atoms with E-state index in [2.05, 4.69) is 4.98 Å². The lowest BCUT2D eigenvalue weighted by atomic mass is 10.1. The lowest BCUT2D eigenvalue weighted by Gasteiger charge is -2.34. The van der Waals surface area contributed by atoms with Gasteiger partial charge in [-0.05, 0) is 48.5 Å². The summed E-state index contributed by atoms with van der Waals surface area (Å²) in [6, 6.07) is 17.5. The van der Waals surface area contributed by atoms with Crippen molar-refractivity contribution in [3.05, 3.63) is 83.6 Å². The topological polar surface area (TPSA) is 72.0 Å². The molecule has 7 nitrogen and oxygen atoms in total. The van der Waals surface area contributed by atoms with Crippen LogP contribution in [0, 0.1) is 0 Å². The van der Waals surface area contributed by atoms with Crippen molar-refractivity contribution in [3.8, 4) is 11.5 Å². The molecule has 176 valence electrons. The molecular formula is C26H26ClN3O4. The molecule has 2 aromatic carbocycles. The number of nitrogens with zero attached hydrogens (tertiary/aromatic N) is 3. The van der Waals surface area contributed by atoms with Crippen LogP contribution in [0.25, 0.3) is 0 Å². The first-order valence-corrected chi connectivity index (χ1v) is 11.5. The van der Waals surface area contributed by atoms with Crippen molar-refractivity contribution in [2.24, 2.45) is 0 Å². The fraction of sp³-hybridized carbons (Fsp3) is 0.269. The Labute approximate surface area is 203 Å². The molecule has 1 aliphatic rings. The number of carbonyl (C=O) groups is 2. The van der Waals surface area contributed by atoms with Crippen LogP contribution in [0.4, 0.5) is 5.69 Å². The van der Waals surface area contributed by atoms with Crippen LogP contribution in [0.5, 0.6) is 11.5 Å². The van der Waals surface area contributed by atoms with Gasteiger partial charge in [0.2, 0.25) is 5.91 Å². The largest absolute Gasteiger partial charge is 0.497 e. The minimum atomic E-state index is -0.306. The van der Waals surface area contributed by atoms with E-state index in [0.29, 0.717) is 48.0 Å². The van der Waals surface area contributed by atoms with Crippen molar-refractivity contribution < 1.29 is 19.1 Å². The van der Waals surface area contributed by atoms with Gasteiger partial charge in [0.15, 0.2) is 0 Å². The summed E-state index contributed by atoms with van der Waals surface area (Å²) in [6.45, 7) is 1.01. The number of piperidine rings is 1. The Morgan fingerprint density at radius 1 is 1.00 bits per heavy atom. The molecule has 34 heavy (non-hydrogen) atoms. The van der Waals surface area contributed by atoms with Crippen LogP contribution in [0.15, 0.2) is 73.1 Å². The van der Waals surface area contributed by atoms with Gasteiger partial charge >= 0.3 is 0 Å². The predicted octanol–water partition coefficient (Wildman–Crippen LogP) is 4.46. The van der Waals surface area contributed by atoms with Crippen LogP contribution in [0.3, 0.4) is 0 Å². The summed E-state index contributed by atoms with van der Waals surface area (Å²) in [6.07, 6.45) is 4.85. The van der Waals surface area contributed by atoms with Gasteiger partial charge in [-0.2, -0.15) is 0 Å². The third-order valence-electron chi connectivity index (χ3n) is 5.77. The molecule has 1 fully saturated rings. The Kier molecular flexibility index (Phi) is 7.65. The maximum Gasteiger partial charge on any atom is 0.258 e. The summed E-state index contributed by atoms with van der Waals surface area (Å²) < 4.78 is 11.2. The normalized spacial score (nSPS) is 13.9. The summed E-state index contributed by atoms with van der Waals surface area (Å²) in [5, 5.41) is 0.404. The molecular weight excluding hydrogens is 454 g/mol. The standard InChI is InChI=1S/C26H26ClN3O4/c1-33-20-8-6-19(7-9-20)26(32)30(24-5-3-2-4-23(24)27)18-25(31)29-16-12-22(13-17-29)34-21-10-14-28-15-11-21/h2-11,14-15,22H,12-13,16-18H2,1H3. The van der Waals surface area contributed by atoms with Crippen LogP contribution in [0.1, 0.15) is 23.2 Å². The van der Waals surface area contributed by atoms with E-state index < -0.39 is 0 Å². The zero-order valence-corrected chi connectivity index (χ0v) is 19.6. The maximum absolute atomic E-state index is 13.4. The minimum Gasteiger partial charge on any atom is -0.497 e. The number of hydrogen-bond donors (Lipinski definition) is 0. The van der Waals surface area contributed by atoms with Crippen LogP contribution in [0.2, 0.25) is 5.02 Å². The second-order valence-corrected chi connectivity index (χ2v) is 8.36. The quantitative estimate of drug-likeness (QED) is 0.500. The lowest BCUT2D eigenvalue weighted by Crippen LogP contribution is -2.47. The highest BCUT2D eigenvalue weighted by Crippen LogP contribution is 2.28. The number of rotatable bonds is 7. The van der Waals surface area contributed by atoms with Crippen molar-refractivity contribution in [1.82, 2.24) is 9.88 Å². The Morgan fingerprint density at radius 3 is 2.32 bits per heavy atom. The summed E-state index contributed by atoms with van der Waals surface area (Å²) in [5.74, 6) is 0.979. The molecule has 0 N–H and O–H groups in total. The van der Waals surface area contributed by atoms with E-state index in [1.165, 1.54) is 4.90 Å². The van der Waals surface area contributed by atoms with Crippen molar-refractivity contribution in [1.29, 1.82) is 0 Å². The molecule has 1 aliphatic heterocycles. The van der Waals surface area contributed by atoms with Gasteiger partial charge in [-0.1, -0.05) is 23.7 Å². The fourth-order valence-corrected chi connectivity index (χ4v) is 4.13. The summed E-state index contributed by atoms with van der Waals surface area (Å²) in [5.41, 5.74) is 0.937. The summed E-state index contributed by atoms with van der Waals surface area (Å²) in [7, 11) is 1.57. The number of halogens is 1. The molecule has 0 aliphatic carbocycles. The number of ether oxygens (including phenoxy) is 2. The van der Waals surface area contributed by atoms with Gasteiger partial charge in [0.25, 0.3) is 5.91 Å². The zero-order chi connectivity index (χ0) is 23.9. The minimum absolute atomic E-state index is 0.0343. The number of pyridine rings is 1. The van der Waals surface area contributed by atoms with Crippen molar-refractivity contribution in [3.63, 3.8) is 0 Å². The van der Waals surface area contributed by atoms with Crippen LogP contribution in [-0.2, 0) is 4.79 Å². The van der Waals surface area contributed by atoms with Crippen LogP contribution < -0.4 is 14.4 Å². The Morgan fingerprint density at radius 2 is 1.68 bits per heavy atom. The van der Waals surface area contributed by atoms with E-state index in [1.54, 1.807) is 72.9 Å². The average Bonchev–Trinajstić information content (AvgIpc) is 2.88. The number of methoxy groups -OCH3 is 1. The number of carbonyl (C=O) groups excluding carboxylic acids is 2. The fourth-order valence-electron chi connectivity index (χ4n) is 3.89. The number of benzene rings is 2. The highest BCUT2D eigenvalue weighted by atomic mass is 35.5. The first kappa shape index (κ1) is 23.6. The molecule has 0 unspecified atom stereocenters. The highest BCUT2D eigenvalue weighted by Gasteiger charge is 2.28. The van der Waals surface area contributed by atoms with Gasteiger partial charge in [0, 0.05) is 43.9 Å². The third kappa shape index (κ3) is 5.66. The number of para-hydroxylation sites is 1. The maximum atomic E-state index is 13.4. The van der Waals surface area contributed by atoms with Crippen LogP contribution >= 0.6 is 11.6 Å². The van der Waals surface area contributed by atoms with Crippen molar-refractivity contribution in [2.45, 2.75) is 18.9 Å². The monoisotopic (exact) mass is 479 g/mol. The van der Waals surface area contributed by atoms with E-state index in [9.17, 15) is 9.59 Å². The number of aromatic nitrogens is 1. The molecule has 2 amide bonds. The average molecular weight is 480 g/mol. The number of amides is 2. The first-order chi connectivity index (χ1) is 16.5. The van der Waals surface area contributed by atoms with Gasteiger partial charge < -0.3 is 14.4 Å². The molecule has 2 heterocycles. The molecule has 1 saturated heterocycles. The number of hydrogen-bond acceptors (Lipinski definition) is 5. The molecule has 4 rings (SSSR count). The van der Waals surface area contributed by atoms with Gasteiger partial charge in [-0.25, -0.2) is 0 Å². The predicted molar refractivity (Wildman–Crippen MR) is 131 cm³/mol. The van der Waals surface area contributed by atoms with Gasteiger partial charge in [0.05, 0.1) is 17.8 Å². The molecule has 0 radical (unpaired) electrons. The Bertz CT molecular complexity index is 1120. The highest BCUT2D eigenvalue weighted by molar-refractivity contribution is 6.34. The molecule has 1 aromatic heterocycles. The lowest BCUT2D eigenvalue weighted by molar-refractivity contribution is -0.131. The van der Waals surface area contributed by atoms with E-state index in [-0.39, 0.29) is 24.5 Å². The second kappa shape index (κ2) is 11.0. The molecule has 0 bridgehead atoms. The number of likely N-dealkylation sites (tertiary alicyclic amines) is 1. The SMILES string of the molecule is COc1ccc(C(=O)N(CC(=O)N2CCC(Oc3ccncc3)CC2)c2ccccc2Cl)cc1. The Balaban J connectivity index is 1.45. The second-order valence-electron chi connectivity index (χ2n) is 7.95. The number of anilines is 1. The smallest absolute Gasteiger partial charge is 0.258 e. The summed E-state index contributed by atoms with van der Waals surface area (Å²) in [4.78, 5) is 33.8. The van der Waals surface area contributed by atoms with Crippen LogP contribution in [-0.4, -0.2) is 54.5 Å². The third-order valence-corrected chi connectivity index (χ3v) is 6.09. The van der Waals surface area contributed by atoms with E-state index in [4.69, 9.17) is 21.1 Å². The van der Waals surface area contributed by atoms with Gasteiger partial charge in [-0.15, -0.1) is 0 Å². The van der Waals surface area contributed by atoms with E-state index in [1.807, 2.05) is 12.1 Å². The van der Waals surface area contributed by atoms with Crippen molar-refractivity contribution in [2.75, 3.05) is 31.6 Å². The van der Waals surface area contributed by atoms with E-state index in [0.717, 1.165) is 5.75 Å². The van der Waals surface area contributed by atoms with Gasteiger partial charge in [0.1, 0.15) is 24.1 Å². The molecule has 3 aromatic rings. The van der Waals surface area contributed by atoms with E-state index >= 15 is 0 Å². The molecule has 0 spiro atoms. The Hall–Kier alpha value is -3.58. The molecule has 8 heteroatoms. The molecule has 0 saturated carbocycles. The zero-order valence-electron chi connectivity index (χ0n) is 18.9. The van der Waals surface area contributed by atoms with Crippen molar-refractivity contribution >= 4 is 29.1 Å². The first-order valence-electron chi connectivity index (χ1n) is 11.1.